The van der Waals surface area contributed by atoms with E-state index in [9.17, 15) is 0 Å². The maximum absolute atomic E-state index is 2.05. The fraction of sp³-hybridized carbons (Fsp3) is 0.800. The Morgan fingerprint density at radius 3 is 1.20 bits per heavy atom. The highest BCUT2D eigenvalue weighted by Gasteiger charge is 2.97. The Morgan fingerprint density at radius 1 is 0.400 bits per heavy atom. The van der Waals surface area contributed by atoms with Gasteiger partial charge in [-0.1, -0.05) is 28.7 Å². The molecule has 7 aliphatic carbocycles. The van der Waals surface area contributed by atoms with Crippen LogP contribution >= 0.6 is 0 Å². The van der Waals surface area contributed by atoms with Crippen molar-refractivity contribution in [3.05, 3.63) is 22.3 Å². The van der Waals surface area contributed by atoms with Crippen molar-refractivity contribution < 1.29 is 0 Å². The van der Waals surface area contributed by atoms with Gasteiger partial charge in [-0.05, 0) is 70.6 Å². The maximum atomic E-state index is 2.05. The summed E-state index contributed by atoms with van der Waals surface area (Å²) in [6, 6.07) is 0. The molecule has 0 aromatic rings. The lowest BCUT2D eigenvalue weighted by Crippen LogP contribution is -2.85. The Kier molecular flexibility index (Phi) is 1.28. The van der Waals surface area contributed by atoms with Gasteiger partial charge in [0.1, 0.15) is 0 Å². The minimum absolute atomic E-state index is 0.755. The van der Waals surface area contributed by atoms with E-state index in [1.165, 1.54) is 44.9 Å². The summed E-state index contributed by atoms with van der Waals surface area (Å²) in [5, 5.41) is 0. The third-order valence-electron chi connectivity index (χ3n) is 9.62. The standard InChI is InChI=1S/C20H24/c1-5-13-14(6-1)20-12-4-11-19(13,20)17-9-2-7-15(17)16-8-3-10-18(16,17)20/h1-12H2. The molecule has 2 spiro atoms. The van der Waals surface area contributed by atoms with Crippen LogP contribution in [0.3, 0.4) is 0 Å². The first-order chi connectivity index (χ1) is 9.87. The van der Waals surface area contributed by atoms with Crippen LogP contribution in [0, 0.1) is 21.7 Å². The molecule has 104 valence electrons. The predicted molar refractivity (Wildman–Crippen MR) is 79.2 cm³/mol. The molecule has 0 bridgehead atoms. The van der Waals surface area contributed by atoms with Gasteiger partial charge < -0.3 is 0 Å². The van der Waals surface area contributed by atoms with Gasteiger partial charge in [-0.15, -0.1) is 0 Å². The van der Waals surface area contributed by atoms with Crippen molar-refractivity contribution in [2.75, 3.05) is 0 Å². The van der Waals surface area contributed by atoms with Crippen molar-refractivity contribution in [1.29, 1.82) is 0 Å². The molecule has 20 heavy (non-hydrogen) atoms. The van der Waals surface area contributed by atoms with Gasteiger partial charge in [0.15, 0.2) is 0 Å². The second-order valence-electron chi connectivity index (χ2n) is 8.95. The topological polar surface area (TPSA) is 0 Å². The fourth-order valence-corrected chi connectivity index (χ4v) is 10.2. The summed E-state index contributed by atoms with van der Waals surface area (Å²) in [5.41, 5.74) is 11.2. The summed E-state index contributed by atoms with van der Waals surface area (Å²) in [6.45, 7) is 0. The first kappa shape index (κ1) is 10.2. The largest absolute Gasteiger partial charge is 0.0624 e. The summed E-state index contributed by atoms with van der Waals surface area (Å²) in [5.74, 6) is 0. The van der Waals surface area contributed by atoms with Gasteiger partial charge >= 0.3 is 0 Å². The number of rotatable bonds is 0. The van der Waals surface area contributed by atoms with Crippen molar-refractivity contribution in [3.63, 3.8) is 0 Å². The molecule has 7 rings (SSSR count). The highest BCUT2D eigenvalue weighted by molar-refractivity contribution is 5.73. The van der Waals surface area contributed by atoms with Crippen molar-refractivity contribution in [3.8, 4) is 0 Å². The fourth-order valence-electron chi connectivity index (χ4n) is 10.2. The Labute approximate surface area is 121 Å². The summed E-state index contributed by atoms with van der Waals surface area (Å²) in [4.78, 5) is 0. The minimum atomic E-state index is 0.755. The van der Waals surface area contributed by atoms with E-state index in [-0.39, 0.29) is 0 Å². The number of hydrogen-bond donors (Lipinski definition) is 0. The Bertz CT molecular complexity index is 582. The molecule has 0 nitrogen and oxygen atoms in total. The van der Waals surface area contributed by atoms with Crippen LogP contribution in [0.4, 0.5) is 0 Å². The minimum Gasteiger partial charge on any atom is -0.0624 e. The Hall–Kier alpha value is -0.520. The predicted octanol–water partition coefficient (Wildman–Crippen LogP) is 5.30. The van der Waals surface area contributed by atoms with E-state index in [0.717, 1.165) is 21.7 Å². The second-order valence-corrected chi connectivity index (χ2v) is 8.95. The zero-order valence-corrected chi connectivity index (χ0v) is 12.5. The first-order valence-corrected chi connectivity index (χ1v) is 9.33. The molecule has 0 saturated heterocycles. The molecule has 0 aromatic heterocycles. The Morgan fingerprint density at radius 2 is 0.750 bits per heavy atom. The van der Waals surface area contributed by atoms with Crippen LogP contribution in [0.2, 0.25) is 0 Å². The van der Waals surface area contributed by atoms with Crippen molar-refractivity contribution in [2.24, 2.45) is 21.7 Å². The summed E-state index contributed by atoms with van der Waals surface area (Å²) < 4.78 is 0. The molecular weight excluding hydrogens is 240 g/mol. The molecule has 4 fully saturated rings. The zero-order valence-electron chi connectivity index (χ0n) is 12.5. The van der Waals surface area contributed by atoms with E-state index >= 15 is 0 Å². The van der Waals surface area contributed by atoms with Gasteiger partial charge in [-0.25, -0.2) is 0 Å². The highest BCUT2D eigenvalue weighted by atomic mass is 15.0. The summed E-state index contributed by atoms with van der Waals surface area (Å²) in [7, 11) is 0. The molecule has 0 N–H and O–H groups in total. The van der Waals surface area contributed by atoms with E-state index in [1.807, 2.05) is 22.3 Å². The Balaban J connectivity index is 1.62. The van der Waals surface area contributed by atoms with Crippen LogP contribution in [-0.2, 0) is 0 Å². The average Bonchev–Trinajstić information content (AvgIpc) is 3.15. The van der Waals surface area contributed by atoms with E-state index in [0.29, 0.717) is 0 Å². The van der Waals surface area contributed by atoms with Gasteiger partial charge in [0.05, 0.1) is 0 Å². The quantitative estimate of drug-likeness (QED) is 0.521. The third-order valence-corrected chi connectivity index (χ3v) is 9.62. The number of hydrogen-bond acceptors (Lipinski definition) is 0. The first-order valence-electron chi connectivity index (χ1n) is 9.33. The van der Waals surface area contributed by atoms with Crippen LogP contribution < -0.4 is 0 Å². The van der Waals surface area contributed by atoms with Crippen LogP contribution in [0.5, 0.6) is 0 Å². The normalized spacial score (nSPS) is 60.0. The van der Waals surface area contributed by atoms with Crippen molar-refractivity contribution >= 4 is 0 Å². The molecule has 0 radical (unpaired) electrons. The van der Waals surface area contributed by atoms with E-state index in [4.69, 9.17) is 0 Å². The third kappa shape index (κ3) is 0.521. The van der Waals surface area contributed by atoms with Crippen LogP contribution in [0.25, 0.3) is 0 Å². The molecule has 7 aliphatic rings. The smallest absolute Gasteiger partial charge is 0.0120 e. The summed E-state index contributed by atoms with van der Waals surface area (Å²) >= 11 is 0. The van der Waals surface area contributed by atoms with E-state index < -0.39 is 0 Å². The lowest BCUT2D eigenvalue weighted by molar-refractivity contribution is -0.298. The van der Waals surface area contributed by atoms with Crippen LogP contribution in [0.15, 0.2) is 22.3 Å². The molecule has 0 heterocycles. The lowest BCUT2D eigenvalue weighted by atomic mass is 9.12. The van der Waals surface area contributed by atoms with Gasteiger partial charge in [0.25, 0.3) is 0 Å². The molecule has 0 aliphatic heterocycles. The molecular formula is C20H24. The van der Waals surface area contributed by atoms with Gasteiger partial charge in [0, 0.05) is 21.7 Å². The number of allylic oxidation sites excluding steroid dienone is 4. The van der Waals surface area contributed by atoms with Gasteiger partial charge in [-0.3, -0.25) is 0 Å². The van der Waals surface area contributed by atoms with Crippen molar-refractivity contribution in [1.82, 2.24) is 0 Å². The molecule has 0 unspecified atom stereocenters. The van der Waals surface area contributed by atoms with Gasteiger partial charge in [0.2, 0.25) is 0 Å². The SMILES string of the molecule is C1CC2=C(C1)C13CCCC21C12CCCC1=C1CCCC123. The highest BCUT2D eigenvalue weighted by Crippen LogP contribution is 3.04. The van der Waals surface area contributed by atoms with Gasteiger partial charge in [-0.2, -0.15) is 0 Å². The van der Waals surface area contributed by atoms with E-state index in [2.05, 4.69) is 0 Å². The van der Waals surface area contributed by atoms with Crippen LogP contribution in [-0.4, -0.2) is 0 Å². The molecule has 4 saturated carbocycles. The molecule has 0 atom stereocenters. The van der Waals surface area contributed by atoms with Crippen molar-refractivity contribution in [2.45, 2.75) is 77.0 Å². The van der Waals surface area contributed by atoms with Crippen LogP contribution in [0.1, 0.15) is 77.0 Å². The monoisotopic (exact) mass is 264 g/mol. The average molecular weight is 264 g/mol. The zero-order chi connectivity index (χ0) is 12.8. The maximum Gasteiger partial charge on any atom is 0.0120 e. The molecule has 0 aromatic carbocycles. The summed E-state index contributed by atoms with van der Waals surface area (Å²) in [6.07, 6.45) is 18.5. The lowest BCUT2D eigenvalue weighted by Gasteiger charge is -2.90. The second kappa shape index (κ2) is 2.50. The molecule has 0 amide bonds. The molecule has 0 heteroatoms. The van der Waals surface area contributed by atoms with E-state index in [1.54, 1.807) is 32.1 Å².